The predicted molar refractivity (Wildman–Crippen MR) is 88.1 cm³/mol. The van der Waals surface area contributed by atoms with Crippen LogP contribution in [0.5, 0.6) is 0 Å². The number of halogens is 1. The third kappa shape index (κ3) is 6.42. The molecule has 0 aromatic heterocycles. The summed E-state index contributed by atoms with van der Waals surface area (Å²) in [4.78, 5) is 34.6. The number of hydrogen-bond donors (Lipinski definition) is 1. The van der Waals surface area contributed by atoms with Gasteiger partial charge in [0, 0.05) is 16.4 Å². The zero-order valence-electron chi connectivity index (χ0n) is 12.4. The van der Waals surface area contributed by atoms with Crippen LogP contribution in [0.3, 0.4) is 0 Å². The summed E-state index contributed by atoms with van der Waals surface area (Å²) < 4.78 is 10.2. The number of methoxy groups -OCH3 is 2. The lowest BCUT2D eigenvalue weighted by molar-refractivity contribution is -0.145. The second-order valence-corrected chi connectivity index (χ2v) is 5.80. The van der Waals surface area contributed by atoms with Crippen molar-refractivity contribution in [2.75, 3.05) is 14.2 Å². The van der Waals surface area contributed by atoms with E-state index in [1.54, 1.807) is 0 Å². The van der Waals surface area contributed by atoms with Crippen LogP contribution in [-0.2, 0) is 30.3 Å². The summed E-state index contributed by atoms with van der Waals surface area (Å²) in [5, 5.41) is 2.59. The average Bonchev–Trinajstić information content (AvgIpc) is 2.51. The van der Waals surface area contributed by atoms with Gasteiger partial charge in [-0.05, 0) is 40.3 Å². The fraction of sp³-hybridized carbons (Fsp3) is 0.400. The van der Waals surface area contributed by atoms with Crippen molar-refractivity contribution in [1.29, 1.82) is 0 Å². The van der Waals surface area contributed by atoms with E-state index < -0.39 is 23.9 Å². The van der Waals surface area contributed by atoms with Gasteiger partial charge in [0.15, 0.2) is 0 Å². The highest BCUT2D eigenvalue weighted by Crippen LogP contribution is 2.10. The first kappa shape index (κ1) is 18.4. The molecule has 0 aliphatic rings. The number of esters is 2. The van der Waals surface area contributed by atoms with Crippen molar-refractivity contribution < 1.29 is 23.9 Å². The first-order chi connectivity index (χ1) is 10.5. The summed E-state index contributed by atoms with van der Waals surface area (Å²) in [6, 6.07) is 6.83. The van der Waals surface area contributed by atoms with Crippen LogP contribution in [0.25, 0.3) is 0 Å². The Kier molecular flexibility index (Phi) is 7.86. The minimum absolute atomic E-state index is 0.0283. The average molecular weight is 419 g/mol. The number of rotatable bonds is 7. The Labute approximate surface area is 142 Å². The predicted octanol–water partition coefficient (Wildman–Crippen LogP) is 1.44. The molecule has 120 valence electrons. The molecule has 0 saturated heterocycles. The van der Waals surface area contributed by atoms with E-state index in [0.29, 0.717) is 6.42 Å². The minimum Gasteiger partial charge on any atom is -0.469 e. The first-order valence-electron chi connectivity index (χ1n) is 6.64. The van der Waals surface area contributed by atoms with Gasteiger partial charge in [0.25, 0.3) is 0 Å². The van der Waals surface area contributed by atoms with Crippen LogP contribution in [-0.4, -0.2) is 38.1 Å². The number of amides is 1. The van der Waals surface area contributed by atoms with E-state index in [1.807, 2.05) is 24.3 Å². The number of carbonyl (C=O) groups is 3. The summed E-state index contributed by atoms with van der Waals surface area (Å²) in [5.41, 5.74) is 0.913. The van der Waals surface area contributed by atoms with E-state index >= 15 is 0 Å². The Morgan fingerprint density at radius 2 is 1.91 bits per heavy atom. The van der Waals surface area contributed by atoms with Gasteiger partial charge in [-0.15, -0.1) is 0 Å². The summed E-state index contributed by atoms with van der Waals surface area (Å²) in [7, 11) is 2.53. The molecule has 0 saturated carbocycles. The third-order valence-electron chi connectivity index (χ3n) is 2.93. The van der Waals surface area contributed by atoms with Crippen molar-refractivity contribution in [2.45, 2.75) is 25.3 Å². The monoisotopic (exact) mass is 419 g/mol. The van der Waals surface area contributed by atoms with Gasteiger partial charge in [0.2, 0.25) is 5.91 Å². The lowest BCUT2D eigenvalue weighted by Gasteiger charge is -2.16. The maximum atomic E-state index is 11.8. The van der Waals surface area contributed by atoms with Gasteiger partial charge in [-0.2, -0.15) is 0 Å². The Morgan fingerprint density at radius 1 is 1.18 bits per heavy atom. The summed E-state index contributed by atoms with van der Waals surface area (Å²) in [5.74, 6) is -1.39. The number of ether oxygens (including phenoxy) is 2. The molecule has 1 aromatic rings. The minimum atomic E-state index is -0.784. The normalized spacial score (nSPS) is 11.4. The van der Waals surface area contributed by atoms with Crippen LogP contribution >= 0.6 is 22.6 Å². The molecular weight excluding hydrogens is 401 g/mol. The zero-order valence-corrected chi connectivity index (χ0v) is 14.6. The van der Waals surface area contributed by atoms with Crippen molar-refractivity contribution in [2.24, 2.45) is 0 Å². The van der Waals surface area contributed by atoms with Crippen LogP contribution < -0.4 is 5.32 Å². The SMILES string of the molecule is COC(=O)CCC(=O)N[C@@H](Cc1cccc(I)c1)C(=O)OC. The molecule has 1 aromatic carbocycles. The Bertz CT molecular complexity index is 546. The van der Waals surface area contributed by atoms with Crippen molar-refractivity contribution in [3.8, 4) is 0 Å². The molecule has 0 fully saturated rings. The summed E-state index contributed by atoms with van der Waals surface area (Å²) >= 11 is 2.17. The number of hydrogen-bond acceptors (Lipinski definition) is 5. The molecule has 0 aliphatic heterocycles. The number of benzene rings is 1. The van der Waals surface area contributed by atoms with Crippen LogP contribution in [0.4, 0.5) is 0 Å². The maximum Gasteiger partial charge on any atom is 0.328 e. The Hall–Kier alpha value is -1.64. The fourth-order valence-electron chi connectivity index (χ4n) is 1.82. The second kappa shape index (κ2) is 9.39. The number of nitrogens with one attached hydrogen (secondary N) is 1. The highest BCUT2D eigenvalue weighted by molar-refractivity contribution is 14.1. The van der Waals surface area contributed by atoms with Gasteiger partial charge >= 0.3 is 11.9 Å². The molecule has 0 unspecified atom stereocenters. The molecule has 1 atom stereocenters. The van der Waals surface area contributed by atoms with Gasteiger partial charge in [-0.1, -0.05) is 12.1 Å². The van der Waals surface area contributed by atoms with Gasteiger partial charge in [0.05, 0.1) is 20.6 Å². The second-order valence-electron chi connectivity index (χ2n) is 4.55. The van der Waals surface area contributed by atoms with Crippen molar-refractivity contribution in [1.82, 2.24) is 5.32 Å². The summed E-state index contributed by atoms with van der Waals surface area (Å²) in [6.45, 7) is 0. The molecule has 22 heavy (non-hydrogen) atoms. The fourth-order valence-corrected chi connectivity index (χ4v) is 2.43. The van der Waals surface area contributed by atoms with Crippen LogP contribution in [0, 0.1) is 3.57 Å². The van der Waals surface area contributed by atoms with Crippen LogP contribution in [0.2, 0.25) is 0 Å². The molecule has 0 radical (unpaired) electrons. The number of carbonyl (C=O) groups excluding carboxylic acids is 3. The van der Waals surface area contributed by atoms with Gasteiger partial charge in [-0.25, -0.2) is 4.79 Å². The smallest absolute Gasteiger partial charge is 0.328 e. The largest absolute Gasteiger partial charge is 0.469 e. The lowest BCUT2D eigenvalue weighted by Crippen LogP contribution is -2.43. The summed E-state index contributed by atoms with van der Waals surface area (Å²) in [6.07, 6.45) is 0.263. The van der Waals surface area contributed by atoms with E-state index in [2.05, 4.69) is 32.6 Å². The van der Waals surface area contributed by atoms with Crippen LogP contribution in [0.15, 0.2) is 24.3 Å². The van der Waals surface area contributed by atoms with E-state index in [0.717, 1.165) is 9.13 Å². The quantitative estimate of drug-likeness (QED) is 0.535. The first-order valence-corrected chi connectivity index (χ1v) is 7.72. The Balaban J connectivity index is 2.66. The molecule has 1 rings (SSSR count). The van der Waals surface area contributed by atoms with E-state index in [1.165, 1.54) is 14.2 Å². The molecule has 6 nitrogen and oxygen atoms in total. The van der Waals surface area contributed by atoms with Crippen molar-refractivity contribution >= 4 is 40.4 Å². The zero-order chi connectivity index (χ0) is 16.5. The molecule has 0 bridgehead atoms. The van der Waals surface area contributed by atoms with Gasteiger partial charge in [-0.3, -0.25) is 9.59 Å². The molecule has 0 heterocycles. The van der Waals surface area contributed by atoms with Crippen molar-refractivity contribution in [3.63, 3.8) is 0 Å². The van der Waals surface area contributed by atoms with Gasteiger partial charge < -0.3 is 14.8 Å². The van der Waals surface area contributed by atoms with Crippen molar-refractivity contribution in [3.05, 3.63) is 33.4 Å². The van der Waals surface area contributed by atoms with Gasteiger partial charge in [0.1, 0.15) is 6.04 Å². The molecule has 0 aliphatic carbocycles. The van der Waals surface area contributed by atoms with E-state index in [-0.39, 0.29) is 12.8 Å². The highest BCUT2D eigenvalue weighted by Gasteiger charge is 2.22. The molecule has 0 spiro atoms. The third-order valence-corrected chi connectivity index (χ3v) is 3.60. The Morgan fingerprint density at radius 3 is 2.50 bits per heavy atom. The molecule has 1 N–H and O–H groups in total. The molecule has 7 heteroatoms. The standard InChI is InChI=1S/C15H18INO5/c1-21-14(19)7-6-13(18)17-12(15(20)22-2)9-10-4-3-5-11(16)8-10/h3-5,8,12H,6-7,9H2,1-2H3,(H,17,18)/t12-/m0/s1. The van der Waals surface area contributed by atoms with Crippen LogP contribution in [0.1, 0.15) is 18.4 Å². The molecule has 1 amide bonds. The topological polar surface area (TPSA) is 81.7 Å². The highest BCUT2D eigenvalue weighted by atomic mass is 127. The maximum absolute atomic E-state index is 11.8. The van der Waals surface area contributed by atoms with E-state index in [9.17, 15) is 14.4 Å². The molecular formula is C15H18INO5. The lowest BCUT2D eigenvalue weighted by atomic mass is 10.1. The van der Waals surface area contributed by atoms with E-state index in [4.69, 9.17) is 4.74 Å².